The monoisotopic (exact) mass is 132 g/mol. The Morgan fingerprint density at radius 2 is 2.40 bits per heavy atom. The second-order valence-corrected chi connectivity index (χ2v) is 2.28. The van der Waals surface area contributed by atoms with Crippen LogP contribution in [-0.4, -0.2) is 19.0 Å². The van der Waals surface area contributed by atoms with Crippen LogP contribution < -0.4 is 5.46 Å². The zero-order chi connectivity index (χ0) is 7.40. The second-order valence-electron chi connectivity index (χ2n) is 2.28. The normalized spacial score (nSPS) is 9.20. The van der Waals surface area contributed by atoms with E-state index in [1.54, 1.807) is 6.20 Å². The van der Waals surface area contributed by atoms with Crippen molar-refractivity contribution in [2.24, 2.45) is 0 Å². The van der Waals surface area contributed by atoms with Gasteiger partial charge in [0.2, 0.25) is 0 Å². The summed E-state index contributed by atoms with van der Waals surface area (Å²) < 4.78 is 0. The van der Waals surface area contributed by atoms with Crippen molar-refractivity contribution in [2.75, 3.05) is 0 Å². The van der Waals surface area contributed by atoms with Crippen LogP contribution in [0.3, 0.4) is 0 Å². The van der Waals surface area contributed by atoms with Crippen molar-refractivity contribution in [1.82, 2.24) is 4.98 Å². The maximum absolute atomic E-state index is 6.86. The number of nitrogens with zero attached hydrogens (tertiary/aromatic N) is 1. The van der Waals surface area contributed by atoms with Gasteiger partial charge in [-0.2, -0.15) is 0 Å². The lowest BCUT2D eigenvalue weighted by molar-refractivity contribution is 1.24. The van der Waals surface area contributed by atoms with Crippen LogP contribution in [0, 0.1) is 5.41 Å². The maximum Gasteiger partial charge on any atom is 0.141 e. The Kier molecular flexibility index (Phi) is 2.21. The molecule has 0 saturated carbocycles. The highest BCUT2D eigenvalue weighted by atomic mass is 14.6. The fraction of sp³-hybridized carbons (Fsp3) is 0.143. The third kappa shape index (κ3) is 1.69. The predicted molar refractivity (Wildman–Crippen MR) is 44.9 cm³/mol. The third-order valence-corrected chi connectivity index (χ3v) is 1.27. The van der Waals surface area contributed by atoms with Crippen LogP contribution in [0.25, 0.3) is 0 Å². The van der Waals surface area contributed by atoms with Gasteiger partial charge in [0.15, 0.2) is 0 Å². The molecule has 1 N–H and O–H groups in total. The Labute approximate surface area is 61.2 Å². The summed E-state index contributed by atoms with van der Waals surface area (Å²) in [6, 6.07) is 2.04. The van der Waals surface area contributed by atoms with Crippen LogP contribution >= 0.6 is 0 Å². The molecule has 0 atom stereocenters. The fourth-order valence-electron chi connectivity index (χ4n) is 0.847. The van der Waals surface area contributed by atoms with Gasteiger partial charge in [-0.1, -0.05) is 11.5 Å². The van der Waals surface area contributed by atoms with Crippen molar-refractivity contribution in [2.45, 2.75) is 6.42 Å². The SMILES string of the molecule is Bc1cncc(CC=N)c1. The number of hydrogen-bond donors (Lipinski definition) is 1. The zero-order valence-corrected chi connectivity index (χ0v) is 5.96. The summed E-state index contributed by atoms with van der Waals surface area (Å²) in [6.45, 7) is 0. The van der Waals surface area contributed by atoms with Crippen LogP contribution in [0.4, 0.5) is 0 Å². The minimum Gasteiger partial charge on any atom is -0.313 e. The number of rotatable bonds is 2. The molecule has 0 radical (unpaired) electrons. The van der Waals surface area contributed by atoms with Gasteiger partial charge >= 0.3 is 0 Å². The van der Waals surface area contributed by atoms with E-state index in [0.29, 0.717) is 6.42 Å². The molecule has 0 fully saturated rings. The van der Waals surface area contributed by atoms with E-state index in [1.807, 2.05) is 20.1 Å². The van der Waals surface area contributed by atoms with Crippen LogP contribution in [0.1, 0.15) is 5.56 Å². The molecule has 1 rings (SSSR count). The molecule has 2 nitrogen and oxygen atoms in total. The Morgan fingerprint density at radius 3 is 3.00 bits per heavy atom. The van der Waals surface area contributed by atoms with E-state index in [-0.39, 0.29) is 0 Å². The van der Waals surface area contributed by atoms with Gasteiger partial charge in [-0.15, -0.1) is 0 Å². The van der Waals surface area contributed by atoms with E-state index in [0.717, 1.165) is 11.0 Å². The largest absolute Gasteiger partial charge is 0.313 e. The first-order chi connectivity index (χ1) is 4.83. The highest BCUT2D eigenvalue weighted by Crippen LogP contribution is 1.91. The minimum atomic E-state index is 0.689. The van der Waals surface area contributed by atoms with Crippen molar-refractivity contribution >= 4 is 19.5 Å². The molecule has 1 aromatic rings. The van der Waals surface area contributed by atoms with Gasteiger partial charge in [-0.25, -0.2) is 0 Å². The van der Waals surface area contributed by atoms with Crippen molar-refractivity contribution in [3.8, 4) is 0 Å². The topological polar surface area (TPSA) is 36.7 Å². The lowest BCUT2D eigenvalue weighted by Crippen LogP contribution is -2.04. The summed E-state index contributed by atoms with van der Waals surface area (Å²) in [4.78, 5) is 4.00. The fourth-order valence-corrected chi connectivity index (χ4v) is 0.847. The molecule has 0 aliphatic carbocycles. The average Bonchev–Trinajstić information content (AvgIpc) is 1.88. The number of pyridine rings is 1. The maximum atomic E-state index is 6.86. The summed E-state index contributed by atoms with van der Waals surface area (Å²) in [7, 11) is 2.00. The van der Waals surface area contributed by atoms with Crippen molar-refractivity contribution in [3.05, 3.63) is 24.0 Å². The van der Waals surface area contributed by atoms with Gasteiger partial charge in [-0.3, -0.25) is 4.98 Å². The molecule has 3 heteroatoms. The van der Waals surface area contributed by atoms with E-state index in [4.69, 9.17) is 5.41 Å². The highest BCUT2D eigenvalue weighted by Gasteiger charge is 1.89. The van der Waals surface area contributed by atoms with Gasteiger partial charge < -0.3 is 5.41 Å². The number of aromatic nitrogens is 1. The predicted octanol–water partition coefficient (Wildman–Crippen LogP) is -0.468. The molecule has 0 aromatic carbocycles. The number of nitrogens with one attached hydrogen (secondary N) is 1. The molecule has 0 spiro atoms. The van der Waals surface area contributed by atoms with Crippen molar-refractivity contribution in [1.29, 1.82) is 5.41 Å². The minimum absolute atomic E-state index is 0.689. The van der Waals surface area contributed by atoms with Gasteiger partial charge in [-0.05, 0) is 11.8 Å². The number of hydrogen-bond acceptors (Lipinski definition) is 2. The Morgan fingerprint density at radius 1 is 1.60 bits per heavy atom. The molecule has 10 heavy (non-hydrogen) atoms. The summed E-state index contributed by atoms with van der Waals surface area (Å²) in [5.41, 5.74) is 2.26. The first-order valence-electron chi connectivity index (χ1n) is 3.22. The molecule has 0 aliphatic heterocycles. The summed E-state index contributed by atoms with van der Waals surface area (Å²) >= 11 is 0. The van der Waals surface area contributed by atoms with Crippen molar-refractivity contribution < 1.29 is 0 Å². The lowest BCUT2D eigenvalue weighted by atomic mass is 9.97. The first-order valence-corrected chi connectivity index (χ1v) is 3.22. The van der Waals surface area contributed by atoms with E-state index in [9.17, 15) is 0 Å². The third-order valence-electron chi connectivity index (χ3n) is 1.27. The molecule has 1 heterocycles. The summed E-state index contributed by atoms with van der Waals surface area (Å²) in [6.07, 6.45) is 5.68. The van der Waals surface area contributed by atoms with Gasteiger partial charge in [0, 0.05) is 18.8 Å². The standard InChI is InChI=1S/C7H9BN2/c8-7-3-6(1-2-9)4-10-5-7/h2-5,9H,1,8H2. The van der Waals surface area contributed by atoms with Gasteiger partial charge in [0.25, 0.3) is 0 Å². The van der Waals surface area contributed by atoms with Crippen LogP contribution in [0.5, 0.6) is 0 Å². The molecule has 0 amide bonds. The van der Waals surface area contributed by atoms with E-state index in [2.05, 4.69) is 4.98 Å². The van der Waals surface area contributed by atoms with Crippen LogP contribution in [0.2, 0.25) is 0 Å². The molecule has 0 saturated heterocycles. The highest BCUT2D eigenvalue weighted by molar-refractivity contribution is 6.32. The zero-order valence-electron chi connectivity index (χ0n) is 5.96. The Bertz CT molecular complexity index is 235. The first kappa shape index (κ1) is 7.00. The van der Waals surface area contributed by atoms with Gasteiger partial charge in [0.05, 0.1) is 0 Å². The average molecular weight is 132 g/mol. The Balaban J connectivity index is 2.84. The van der Waals surface area contributed by atoms with E-state index in [1.165, 1.54) is 6.21 Å². The van der Waals surface area contributed by atoms with Gasteiger partial charge in [0.1, 0.15) is 7.85 Å². The Hall–Kier alpha value is -1.12. The molecule has 1 aromatic heterocycles. The molecular formula is C7H9BN2. The van der Waals surface area contributed by atoms with Crippen molar-refractivity contribution in [3.63, 3.8) is 0 Å². The van der Waals surface area contributed by atoms with Crippen LogP contribution in [-0.2, 0) is 6.42 Å². The van der Waals surface area contributed by atoms with E-state index >= 15 is 0 Å². The van der Waals surface area contributed by atoms with Crippen LogP contribution in [0.15, 0.2) is 18.5 Å². The molecule has 0 bridgehead atoms. The second kappa shape index (κ2) is 3.15. The molecule has 0 unspecified atom stereocenters. The lowest BCUT2D eigenvalue weighted by Gasteiger charge is -1.94. The summed E-state index contributed by atoms with van der Waals surface area (Å²) in [5, 5.41) is 6.86. The van der Waals surface area contributed by atoms with E-state index < -0.39 is 0 Å². The summed E-state index contributed by atoms with van der Waals surface area (Å²) in [5.74, 6) is 0. The molecular weight excluding hydrogens is 123 g/mol. The molecule has 50 valence electrons. The molecule has 0 aliphatic rings. The quantitative estimate of drug-likeness (QED) is 0.428. The smallest absolute Gasteiger partial charge is 0.141 e.